The first-order chi connectivity index (χ1) is 9.20. The first kappa shape index (κ1) is 13.7. The molecule has 19 heavy (non-hydrogen) atoms. The molecule has 1 aromatic rings. The Balaban J connectivity index is 2.10. The minimum Gasteiger partial charge on any atom is -0.379 e. The van der Waals surface area contributed by atoms with Crippen LogP contribution in [0.2, 0.25) is 0 Å². The number of nitrogens with one attached hydrogen (secondary N) is 2. The number of halogens is 1. The molecule has 0 aliphatic carbocycles. The highest BCUT2D eigenvalue weighted by atomic mass is 19.1. The van der Waals surface area contributed by atoms with Crippen molar-refractivity contribution in [1.82, 2.24) is 15.4 Å². The number of anilines is 1. The zero-order valence-corrected chi connectivity index (χ0v) is 10.8. The number of nitrogens with zero attached hydrogens (tertiary/aromatic N) is 2. The van der Waals surface area contributed by atoms with Crippen LogP contribution in [0.25, 0.3) is 0 Å². The quantitative estimate of drug-likeness (QED) is 0.838. The number of ether oxygens (including phenoxy) is 1. The van der Waals surface area contributed by atoms with E-state index in [0.717, 1.165) is 6.20 Å². The Hall–Kier alpha value is -1.73. The lowest BCUT2D eigenvalue weighted by atomic mass is 10.2. The molecular weight excluding hydrogens is 251 g/mol. The number of hydrogen-bond acceptors (Lipinski definition) is 5. The van der Waals surface area contributed by atoms with Crippen molar-refractivity contribution in [3.05, 3.63) is 23.6 Å². The van der Waals surface area contributed by atoms with Crippen LogP contribution < -0.4 is 10.7 Å². The van der Waals surface area contributed by atoms with Gasteiger partial charge >= 0.3 is 0 Å². The number of amides is 1. The maximum absolute atomic E-state index is 13.2. The van der Waals surface area contributed by atoms with Crippen molar-refractivity contribution >= 4 is 11.7 Å². The highest BCUT2D eigenvalue weighted by molar-refractivity contribution is 5.98. The first-order valence-corrected chi connectivity index (χ1v) is 6.24. The van der Waals surface area contributed by atoms with Gasteiger partial charge in [-0.15, -0.1) is 0 Å². The first-order valence-electron chi connectivity index (χ1n) is 6.24. The van der Waals surface area contributed by atoms with Gasteiger partial charge in [-0.1, -0.05) is 0 Å². The summed E-state index contributed by atoms with van der Waals surface area (Å²) in [7, 11) is 0. The molecule has 0 unspecified atom stereocenters. The Morgan fingerprint density at radius 1 is 1.53 bits per heavy atom. The molecule has 1 aromatic heterocycles. The predicted octanol–water partition coefficient (Wildman–Crippen LogP) is 0.629. The van der Waals surface area contributed by atoms with Crippen LogP contribution in [0.1, 0.15) is 17.3 Å². The molecule has 1 saturated heterocycles. The Kier molecular flexibility index (Phi) is 4.64. The van der Waals surface area contributed by atoms with Crippen LogP contribution in [-0.2, 0) is 4.74 Å². The minimum absolute atomic E-state index is 0.202. The van der Waals surface area contributed by atoms with Crippen molar-refractivity contribution in [2.24, 2.45) is 0 Å². The lowest BCUT2D eigenvalue weighted by Crippen LogP contribution is -2.48. The van der Waals surface area contributed by atoms with Gasteiger partial charge in [-0.25, -0.2) is 14.4 Å². The van der Waals surface area contributed by atoms with Gasteiger partial charge in [0.1, 0.15) is 11.6 Å². The number of carbonyl (C=O) groups is 1. The molecule has 0 bridgehead atoms. The lowest BCUT2D eigenvalue weighted by Gasteiger charge is -2.27. The normalized spacial score (nSPS) is 16.1. The summed E-state index contributed by atoms with van der Waals surface area (Å²) >= 11 is 0. The van der Waals surface area contributed by atoms with Crippen LogP contribution in [0, 0.1) is 5.82 Å². The van der Waals surface area contributed by atoms with E-state index in [1.54, 1.807) is 5.01 Å². The fourth-order valence-electron chi connectivity index (χ4n) is 1.80. The van der Waals surface area contributed by atoms with Crippen LogP contribution >= 0.6 is 0 Å². The smallest absolute Gasteiger partial charge is 0.269 e. The molecule has 0 saturated carbocycles. The molecule has 0 radical (unpaired) electrons. The van der Waals surface area contributed by atoms with Crippen LogP contribution in [0.15, 0.2) is 12.3 Å². The van der Waals surface area contributed by atoms with Gasteiger partial charge < -0.3 is 10.1 Å². The van der Waals surface area contributed by atoms with E-state index in [0.29, 0.717) is 38.7 Å². The second-order valence-electron chi connectivity index (χ2n) is 4.12. The van der Waals surface area contributed by atoms with Crippen molar-refractivity contribution in [2.45, 2.75) is 6.92 Å². The Morgan fingerprint density at radius 2 is 2.26 bits per heavy atom. The van der Waals surface area contributed by atoms with Crippen LogP contribution in [0.3, 0.4) is 0 Å². The molecule has 2 heterocycles. The highest BCUT2D eigenvalue weighted by Gasteiger charge is 2.18. The predicted molar refractivity (Wildman–Crippen MR) is 68.2 cm³/mol. The van der Waals surface area contributed by atoms with E-state index in [2.05, 4.69) is 15.7 Å². The zero-order chi connectivity index (χ0) is 13.7. The zero-order valence-electron chi connectivity index (χ0n) is 10.8. The third kappa shape index (κ3) is 3.62. The third-order valence-electron chi connectivity index (χ3n) is 2.71. The summed E-state index contributed by atoms with van der Waals surface area (Å²) in [5.74, 6) is -0.520. The molecule has 0 aromatic carbocycles. The molecule has 7 heteroatoms. The maximum Gasteiger partial charge on any atom is 0.269 e. The van der Waals surface area contributed by atoms with E-state index in [9.17, 15) is 9.18 Å². The Bertz CT molecular complexity index is 449. The molecule has 0 spiro atoms. The lowest BCUT2D eigenvalue weighted by molar-refractivity contribution is 0.0126. The van der Waals surface area contributed by atoms with Gasteiger partial charge in [0.05, 0.1) is 25.0 Å². The summed E-state index contributed by atoms with van der Waals surface area (Å²) in [5.41, 5.74) is 2.93. The number of hydrogen-bond donors (Lipinski definition) is 2. The molecule has 2 N–H and O–H groups in total. The van der Waals surface area contributed by atoms with Gasteiger partial charge in [0.2, 0.25) is 0 Å². The van der Waals surface area contributed by atoms with Gasteiger partial charge in [-0.2, -0.15) is 0 Å². The third-order valence-corrected chi connectivity index (χ3v) is 2.71. The van der Waals surface area contributed by atoms with Crippen molar-refractivity contribution in [3.63, 3.8) is 0 Å². The van der Waals surface area contributed by atoms with E-state index in [-0.39, 0.29) is 11.5 Å². The largest absolute Gasteiger partial charge is 0.379 e. The van der Waals surface area contributed by atoms with Crippen molar-refractivity contribution in [1.29, 1.82) is 0 Å². The second kappa shape index (κ2) is 6.44. The van der Waals surface area contributed by atoms with Gasteiger partial charge in [0, 0.05) is 19.6 Å². The minimum atomic E-state index is -0.534. The number of pyridine rings is 1. The Labute approximate surface area is 110 Å². The second-order valence-corrected chi connectivity index (χ2v) is 4.12. The van der Waals surface area contributed by atoms with E-state index in [4.69, 9.17) is 4.74 Å². The fraction of sp³-hybridized carbons (Fsp3) is 0.500. The summed E-state index contributed by atoms with van der Waals surface area (Å²) in [4.78, 5) is 16.0. The fourth-order valence-corrected chi connectivity index (χ4v) is 1.80. The number of aromatic nitrogens is 1. The van der Waals surface area contributed by atoms with E-state index < -0.39 is 5.82 Å². The summed E-state index contributed by atoms with van der Waals surface area (Å²) < 4.78 is 18.4. The van der Waals surface area contributed by atoms with Crippen molar-refractivity contribution in [3.8, 4) is 0 Å². The summed E-state index contributed by atoms with van der Waals surface area (Å²) in [6.45, 7) is 4.87. The van der Waals surface area contributed by atoms with E-state index in [1.165, 1.54) is 6.07 Å². The van der Waals surface area contributed by atoms with Gasteiger partial charge in [-0.05, 0) is 13.0 Å². The average Bonchev–Trinajstić information content (AvgIpc) is 2.42. The number of carbonyl (C=O) groups excluding carboxylic acids is 1. The molecule has 1 aliphatic heterocycles. The summed E-state index contributed by atoms with van der Waals surface area (Å²) in [5, 5.41) is 4.70. The Morgan fingerprint density at radius 3 is 2.95 bits per heavy atom. The standard InChI is InChI=1S/C12H17FN4O2/c1-2-14-11-10(7-9(13)8-15-11)12(18)16-17-3-5-19-6-4-17/h7-8H,2-6H2,1H3,(H,14,15)(H,16,18). The SMILES string of the molecule is CCNc1ncc(F)cc1C(=O)NN1CCOCC1. The molecule has 104 valence electrons. The number of rotatable bonds is 4. The van der Waals surface area contributed by atoms with Gasteiger partial charge in [-0.3, -0.25) is 10.2 Å². The molecule has 0 atom stereocenters. The van der Waals surface area contributed by atoms with Crippen LogP contribution in [-0.4, -0.2) is 48.7 Å². The van der Waals surface area contributed by atoms with Gasteiger partial charge in [0.15, 0.2) is 0 Å². The molecule has 1 amide bonds. The highest BCUT2D eigenvalue weighted by Crippen LogP contribution is 2.13. The molecular formula is C12H17FN4O2. The van der Waals surface area contributed by atoms with E-state index in [1.807, 2.05) is 6.92 Å². The van der Waals surface area contributed by atoms with Crippen LogP contribution in [0.5, 0.6) is 0 Å². The van der Waals surface area contributed by atoms with Crippen molar-refractivity contribution in [2.75, 3.05) is 38.2 Å². The molecule has 2 rings (SSSR count). The number of morpholine rings is 1. The monoisotopic (exact) mass is 268 g/mol. The maximum atomic E-state index is 13.2. The average molecular weight is 268 g/mol. The van der Waals surface area contributed by atoms with E-state index >= 15 is 0 Å². The van der Waals surface area contributed by atoms with Crippen molar-refractivity contribution < 1.29 is 13.9 Å². The molecule has 6 nitrogen and oxygen atoms in total. The summed E-state index contributed by atoms with van der Waals surface area (Å²) in [6, 6.07) is 1.18. The molecule has 1 fully saturated rings. The number of hydrazine groups is 1. The summed E-state index contributed by atoms with van der Waals surface area (Å²) in [6.07, 6.45) is 1.09. The topological polar surface area (TPSA) is 66.5 Å². The van der Waals surface area contributed by atoms with Crippen LogP contribution in [0.4, 0.5) is 10.2 Å². The molecule has 1 aliphatic rings. The van der Waals surface area contributed by atoms with Gasteiger partial charge in [0.25, 0.3) is 5.91 Å².